The van der Waals surface area contributed by atoms with Crippen LogP contribution in [0.5, 0.6) is 11.7 Å². The van der Waals surface area contributed by atoms with Gasteiger partial charge < -0.3 is 19.2 Å². The van der Waals surface area contributed by atoms with E-state index in [0.717, 1.165) is 12.8 Å². The molecule has 25 heavy (non-hydrogen) atoms. The van der Waals surface area contributed by atoms with Gasteiger partial charge in [-0.25, -0.2) is 0 Å². The number of para-hydroxylation sites is 1. The summed E-state index contributed by atoms with van der Waals surface area (Å²) in [4.78, 5) is 26.0. The predicted octanol–water partition coefficient (Wildman–Crippen LogP) is 3.40. The van der Waals surface area contributed by atoms with Gasteiger partial charge in [0, 0.05) is 19.2 Å². The van der Waals surface area contributed by atoms with Crippen LogP contribution in [0.4, 0.5) is 0 Å². The summed E-state index contributed by atoms with van der Waals surface area (Å²) in [5.41, 5.74) is -0.786. The number of fused-ring (bicyclic) bond motifs is 1. The Labute approximate surface area is 145 Å². The molecular formula is C19H19NO5. The van der Waals surface area contributed by atoms with Crippen molar-refractivity contribution in [1.82, 2.24) is 4.90 Å². The summed E-state index contributed by atoms with van der Waals surface area (Å²) in [6, 6.07) is 12.3. The molecule has 1 aromatic carbocycles. The highest BCUT2D eigenvalue weighted by Crippen LogP contribution is 2.49. The van der Waals surface area contributed by atoms with E-state index in [4.69, 9.17) is 9.15 Å². The summed E-state index contributed by atoms with van der Waals surface area (Å²) in [7, 11) is 0. The molecule has 1 saturated carbocycles. The molecule has 0 bridgehead atoms. The number of carbonyl (C=O) groups is 2. The van der Waals surface area contributed by atoms with Crippen LogP contribution in [0.25, 0.3) is 0 Å². The van der Waals surface area contributed by atoms with Crippen LogP contribution < -0.4 is 4.74 Å². The first-order valence-electron chi connectivity index (χ1n) is 8.44. The molecule has 1 aromatic heterocycles. The maximum absolute atomic E-state index is 12.7. The van der Waals surface area contributed by atoms with Gasteiger partial charge in [0.05, 0.1) is 5.41 Å². The highest BCUT2D eigenvalue weighted by molar-refractivity contribution is 5.92. The molecule has 6 heteroatoms. The third-order valence-electron chi connectivity index (χ3n) is 5.34. The number of nitrogens with zero attached hydrogens (tertiary/aromatic N) is 1. The van der Waals surface area contributed by atoms with Gasteiger partial charge in [-0.05, 0) is 37.0 Å². The van der Waals surface area contributed by atoms with Gasteiger partial charge in [0.25, 0.3) is 11.9 Å². The monoisotopic (exact) mass is 341 g/mol. The van der Waals surface area contributed by atoms with Crippen molar-refractivity contribution >= 4 is 11.9 Å². The van der Waals surface area contributed by atoms with Crippen molar-refractivity contribution in [3.63, 3.8) is 0 Å². The number of hydrogen-bond acceptors (Lipinski definition) is 4. The number of carboxylic acids is 1. The summed E-state index contributed by atoms with van der Waals surface area (Å²) in [6.07, 6.45) is 2.41. The zero-order chi connectivity index (χ0) is 17.4. The molecule has 130 valence electrons. The second-order valence-corrected chi connectivity index (χ2v) is 6.77. The van der Waals surface area contributed by atoms with E-state index in [9.17, 15) is 14.7 Å². The topological polar surface area (TPSA) is 80.0 Å². The van der Waals surface area contributed by atoms with Gasteiger partial charge in [0.1, 0.15) is 5.75 Å². The summed E-state index contributed by atoms with van der Waals surface area (Å²) >= 11 is 0. The van der Waals surface area contributed by atoms with Crippen molar-refractivity contribution in [2.24, 2.45) is 11.3 Å². The van der Waals surface area contributed by atoms with Crippen molar-refractivity contribution in [3.8, 4) is 11.7 Å². The van der Waals surface area contributed by atoms with Gasteiger partial charge in [-0.3, -0.25) is 9.59 Å². The molecule has 1 aliphatic heterocycles. The lowest BCUT2D eigenvalue weighted by molar-refractivity contribution is -0.149. The SMILES string of the molecule is O=C(c1ccc(Oc2ccccc2)o1)N1C[C@@H]2CCC[C@@]2(C(=O)O)C1. The molecule has 2 aromatic rings. The van der Waals surface area contributed by atoms with E-state index in [1.54, 1.807) is 29.2 Å². The third kappa shape index (κ3) is 2.67. The van der Waals surface area contributed by atoms with E-state index in [0.29, 0.717) is 18.7 Å². The Kier molecular flexibility index (Phi) is 3.75. The van der Waals surface area contributed by atoms with Crippen LogP contribution in [-0.4, -0.2) is 35.0 Å². The third-order valence-corrected chi connectivity index (χ3v) is 5.34. The maximum atomic E-state index is 12.7. The number of carboxylic acid groups (broad SMARTS) is 1. The molecule has 2 atom stereocenters. The van der Waals surface area contributed by atoms with Gasteiger partial charge in [-0.2, -0.15) is 0 Å². The van der Waals surface area contributed by atoms with Gasteiger partial charge in [-0.15, -0.1) is 0 Å². The molecule has 1 N–H and O–H groups in total. The summed E-state index contributed by atoms with van der Waals surface area (Å²) in [5, 5.41) is 9.63. The maximum Gasteiger partial charge on any atom is 0.311 e. The minimum Gasteiger partial charge on any atom is -0.481 e. The standard InChI is InChI=1S/C19H19NO5/c21-17(20-11-13-5-4-10-19(13,12-20)18(22)23)15-8-9-16(25-15)24-14-6-2-1-3-7-14/h1-3,6-9,13H,4-5,10-12H2,(H,22,23)/t13-,19+/m0/s1. The first-order chi connectivity index (χ1) is 12.1. The Morgan fingerprint density at radius 3 is 2.72 bits per heavy atom. The van der Waals surface area contributed by atoms with Gasteiger partial charge >= 0.3 is 5.97 Å². The zero-order valence-corrected chi connectivity index (χ0v) is 13.7. The normalized spacial score (nSPS) is 25.0. The quantitative estimate of drug-likeness (QED) is 0.922. The number of furan rings is 1. The van der Waals surface area contributed by atoms with E-state index in [1.165, 1.54) is 0 Å². The molecule has 0 radical (unpaired) electrons. The molecule has 4 rings (SSSR count). The van der Waals surface area contributed by atoms with Crippen LogP contribution in [0.15, 0.2) is 46.9 Å². The number of rotatable bonds is 4. The molecule has 6 nitrogen and oxygen atoms in total. The lowest BCUT2D eigenvalue weighted by Gasteiger charge is -2.22. The highest BCUT2D eigenvalue weighted by Gasteiger charge is 2.56. The molecule has 2 aliphatic rings. The lowest BCUT2D eigenvalue weighted by Crippen LogP contribution is -2.37. The summed E-state index contributed by atoms with van der Waals surface area (Å²) in [5.74, 6) is -0.00977. The minimum atomic E-state index is -0.794. The Hall–Kier alpha value is -2.76. The van der Waals surface area contributed by atoms with E-state index in [2.05, 4.69) is 0 Å². The van der Waals surface area contributed by atoms with Crippen molar-refractivity contribution in [1.29, 1.82) is 0 Å². The van der Waals surface area contributed by atoms with Gasteiger partial charge in [0.15, 0.2) is 5.76 Å². The predicted molar refractivity (Wildman–Crippen MR) is 88.5 cm³/mol. The Morgan fingerprint density at radius 2 is 2.00 bits per heavy atom. The fourth-order valence-electron chi connectivity index (χ4n) is 4.04. The van der Waals surface area contributed by atoms with Crippen LogP contribution in [-0.2, 0) is 4.79 Å². The molecular weight excluding hydrogens is 322 g/mol. The Bertz CT molecular complexity index is 799. The molecule has 1 aliphatic carbocycles. The average Bonchev–Trinajstić information content (AvgIpc) is 3.29. The number of amides is 1. The largest absolute Gasteiger partial charge is 0.481 e. The second kappa shape index (κ2) is 5.95. The molecule has 1 saturated heterocycles. The van der Waals surface area contributed by atoms with E-state index < -0.39 is 11.4 Å². The highest BCUT2D eigenvalue weighted by atomic mass is 16.6. The number of benzene rings is 1. The molecule has 2 fully saturated rings. The van der Waals surface area contributed by atoms with Crippen molar-refractivity contribution in [2.45, 2.75) is 19.3 Å². The number of hydrogen-bond donors (Lipinski definition) is 1. The second-order valence-electron chi connectivity index (χ2n) is 6.77. The molecule has 2 heterocycles. The van der Waals surface area contributed by atoms with E-state index in [-0.39, 0.29) is 30.1 Å². The zero-order valence-electron chi connectivity index (χ0n) is 13.7. The van der Waals surface area contributed by atoms with E-state index in [1.807, 2.05) is 18.2 Å². The van der Waals surface area contributed by atoms with Crippen molar-refractivity contribution < 1.29 is 23.8 Å². The number of likely N-dealkylation sites (tertiary alicyclic amines) is 1. The van der Waals surface area contributed by atoms with Gasteiger partial charge in [-0.1, -0.05) is 24.6 Å². The van der Waals surface area contributed by atoms with Crippen molar-refractivity contribution in [2.75, 3.05) is 13.1 Å². The molecule has 0 unspecified atom stereocenters. The fraction of sp³-hybridized carbons (Fsp3) is 0.368. The fourth-order valence-corrected chi connectivity index (χ4v) is 4.04. The van der Waals surface area contributed by atoms with Crippen LogP contribution in [0.3, 0.4) is 0 Å². The van der Waals surface area contributed by atoms with Crippen LogP contribution in [0.1, 0.15) is 29.8 Å². The molecule has 0 spiro atoms. The summed E-state index contributed by atoms with van der Waals surface area (Å²) < 4.78 is 11.1. The summed E-state index contributed by atoms with van der Waals surface area (Å²) in [6.45, 7) is 0.724. The molecule has 1 amide bonds. The number of ether oxygens (including phenoxy) is 1. The average molecular weight is 341 g/mol. The Morgan fingerprint density at radius 1 is 1.20 bits per heavy atom. The van der Waals surface area contributed by atoms with Gasteiger partial charge in [0.2, 0.25) is 0 Å². The van der Waals surface area contributed by atoms with Crippen LogP contribution in [0, 0.1) is 11.3 Å². The number of carbonyl (C=O) groups excluding carboxylic acids is 1. The minimum absolute atomic E-state index is 0.0314. The first kappa shape index (κ1) is 15.7. The lowest BCUT2D eigenvalue weighted by atomic mass is 9.81. The number of aliphatic carboxylic acids is 1. The smallest absolute Gasteiger partial charge is 0.311 e. The van der Waals surface area contributed by atoms with Crippen LogP contribution >= 0.6 is 0 Å². The van der Waals surface area contributed by atoms with E-state index >= 15 is 0 Å². The first-order valence-corrected chi connectivity index (χ1v) is 8.44. The van der Waals surface area contributed by atoms with Crippen molar-refractivity contribution in [3.05, 3.63) is 48.2 Å². The Balaban J connectivity index is 1.48. The van der Waals surface area contributed by atoms with Crippen LogP contribution in [0.2, 0.25) is 0 Å².